The number of fused-ring (bicyclic) bond motifs is 1. The van der Waals surface area contributed by atoms with Crippen molar-refractivity contribution in [3.8, 4) is 0 Å². The van der Waals surface area contributed by atoms with Crippen molar-refractivity contribution in [2.75, 3.05) is 10.6 Å². The number of anilines is 2. The number of nitrogens with one attached hydrogen (secondary N) is 2. The van der Waals surface area contributed by atoms with Crippen molar-refractivity contribution in [3.05, 3.63) is 58.6 Å². The molecule has 0 heterocycles. The summed E-state index contributed by atoms with van der Waals surface area (Å²) in [5.41, 5.74) is 3.49. The number of carbonyl (C=O) groups excluding carboxylic acids is 1. The molecule has 5 heteroatoms. The number of amides is 2. The van der Waals surface area contributed by atoms with Gasteiger partial charge in [0, 0.05) is 12.1 Å². The molecule has 1 unspecified atom stereocenters. The van der Waals surface area contributed by atoms with Gasteiger partial charge in [-0.3, -0.25) is 0 Å². The van der Waals surface area contributed by atoms with Gasteiger partial charge >= 0.3 is 6.03 Å². The molecule has 0 spiro atoms. The van der Waals surface area contributed by atoms with Crippen LogP contribution in [0, 0.1) is 0 Å². The number of carbonyl (C=O) groups is 1. The highest BCUT2D eigenvalue weighted by Gasteiger charge is 2.20. The van der Waals surface area contributed by atoms with E-state index >= 15 is 0 Å². The molecule has 0 radical (unpaired) electrons. The first-order valence-corrected chi connectivity index (χ1v) is 7.62. The molecular formula is C17H17ClN2O2. The molecule has 2 aromatic carbocycles. The van der Waals surface area contributed by atoms with Crippen molar-refractivity contribution in [2.45, 2.75) is 25.4 Å². The van der Waals surface area contributed by atoms with Crippen molar-refractivity contribution in [1.82, 2.24) is 0 Å². The van der Waals surface area contributed by atoms with E-state index in [4.69, 9.17) is 11.6 Å². The topological polar surface area (TPSA) is 61.4 Å². The molecule has 0 aromatic heterocycles. The van der Waals surface area contributed by atoms with Gasteiger partial charge < -0.3 is 15.7 Å². The van der Waals surface area contributed by atoms with Gasteiger partial charge in [0.25, 0.3) is 0 Å². The molecule has 0 aliphatic heterocycles. The lowest BCUT2D eigenvalue weighted by Gasteiger charge is -2.23. The van der Waals surface area contributed by atoms with Crippen LogP contribution in [0.15, 0.2) is 42.5 Å². The average Bonchev–Trinajstić information content (AvgIpc) is 2.50. The van der Waals surface area contributed by atoms with E-state index in [2.05, 4.69) is 10.6 Å². The van der Waals surface area contributed by atoms with Crippen LogP contribution < -0.4 is 10.6 Å². The monoisotopic (exact) mass is 316 g/mol. The number of hydrogen-bond acceptors (Lipinski definition) is 2. The highest BCUT2D eigenvalue weighted by atomic mass is 35.5. The molecule has 0 saturated carbocycles. The third kappa shape index (κ3) is 3.24. The number of aliphatic hydroxyl groups excluding tert-OH is 1. The van der Waals surface area contributed by atoms with Crippen molar-refractivity contribution < 1.29 is 9.90 Å². The Morgan fingerprint density at radius 2 is 1.82 bits per heavy atom. The fourth-order valence-corrected chi connectivity index (χ4v) is 2.91. The Balaban J connectivity index is 1.76. The molecular weight excluding hydrogens is 300 g/mol. The first-order chi connectivity index (χ1) is 10.6. The summed E-state index contributed by atoms with van der Waals surface area (Å²) in [6.07, 6.45) is 1.82. The van der Waals surface area contributed by atoms with Crippen LogP contribution >= 0.6 is 11.6 Å². The molecule has 22 heavy (non-hydrogen) atoms. The number of urea groups is 1. The highest BCUT2D eigenvalue weighted by Crippen LogP contribution is 2.28. The SMILES string of the molecule is O=C(Nc1ccccc1Cl)Nc1cccc2c1CC(O)CC2. The molecule has 1 aliphatic rings. The van der Waals surface area contributed by atoms with Crippen molar-refractivity contribution in [3.63, 3.8) is 0 Å². The Kier molecular flexibility index (Phi) is 4.32. The summed E-state index contributed by atoms with van der Waals surface area (Å²) in [6, 6.07) is 12.5. The lowest BCUT2D eigenvalue weighted by Crippen LogP contribution is -2.24. The van der Waals surface area contributed by atoms with Crippen LogP contribution in [0.25, 0.3) is 0 Å². The number of benzene rings is 2. The molecule has 3 N–H and O–H groups in total. The summed E-state index contributed by atoms with van der Waals surface area (Å²) in [5.74, 6) is 0. The Bertz CT molecular complexity index is 703. The van der Waals surface area contributed by atoms with Gasteiger partial charge in [-0.05, 0) is 42.2 Å². The van der Waals surface area contributed by atoms with Crippen LogP contribution in [-0.4, -0.2) is 17.2 Å². The number of aryl methyl sites for hydroxylation is 1. The second-order valence-corrected chi connectivity index (χ2v) is 5.81. The first kappa shape index (κ1) is 14.9. The Morgan fingerprint density at radius 3 is 2.64 bits per heavy atom. The quantitative estimate of drug-likeness (QED) is 0.788. The summed E-state index contributed by atoms with van der Waals surface area (Å²) in [6.45, 7) is 0. The second-order valence-electron chi connectivity index (χ2n) is 5.40. The number of rotatable bonds is 2. The molecule has 114 valence electrons. The lowest BCUT2D eigenvalue weighted by atomic mass is 9.88. The molecule has 0 fully saturated rings. The fourth-order valence-electron chi connectivity index (χ4n) is 2.73. The van der Waals surface area contributed by atoms with Gasteiger partial charge in [0.2, 0.25) is 0 Å². The van der Waals surface area contributed by atoms with E-state index < -0.39 is 0 Å². The van der Waals surface area contributed by atoms with Crippen molar-refractivity contribution >= 4 is 29.0 Å². The maximum atomic E-state index is 12.2. The Hall–Kier alpha value is -2.04. The van der Waals surface area contributed by atoms with Crippen LogP contribution in [0.2, 0.25) is 5.02 Å². The zero-order valence-corrected chi connectivity index (χ0v) is 12.7. The molecule has 1 aliphatic carbocycles. The van der Waals surface area contributed by atoms with Gasteiger partial charge in [0.05, 0.1) is 16.8 Å². The smallest absolute Gasteiger partial charge is 0.323 e. The third-order valence-electron chi connectivity index (χ3n) is 3.83. The first-order valence-electron chi connectivity index (χ1n) is 7.25. The predicted molar refractivity (Wildman–Crippen MR) is 88.6 cm³/mol. The van der Waals surface area contributed by atoms with E-state index in [1.54, 1.807) is 18.2 Å². The van der Waals surface area contributed by atoms with E-state index in [1.165, 1.54) is 5.56 Å². The number of aliphatic hydroxyl groups is 1. The predicted octanol–water partition coefficient (Wildman–Crippen LogP) is 3.83. The maximum Gasteiger partial charge on any atom is 0.323 e. The number of halogens is 1. The number of hydrogen-bond donors (Lipinski definition) is 3. The lowest BCUT2D eigenvalue weighted by molar-refractivity contribution is 0.159. The molecule has 4 nitrogen and oxygen atoms in total. The van der Waals surface area contributed by atoms with Crippen LogP contribution in [0.5, 0.6) is 0 Å². The fraction of sp³-hybridized carbons (Fsp3) is 0.235. The standard InChI is InChI=1S/C17H17ClN2O2/c18-14-5-1-2-6-16(14)20-17(22)19-15-7-3-4-11-8-9-12(21)10-13(11)15/h1-7,12,21H,8-10H2,(H2,19,20,22). The van der Waals surface area contributed by atoms with E-state index in [0.29, 0.717) is 17.1 Å². The summed E-state index contributed by atoms with van der Waals surface area (Å²) < 4.78 is 0. The molecule has 2 amide bonds. The van der Waals surface area contributed by atoms with Gasteiger partial charge in [-0.1, -0.05) is 35.9 Å². The molecule has 0 saturated heterocycles. The van der Waals surface area contributed by atoms with Gasteiger partial charge in [0.1, 0.15) is 0 Å². The van der Waals surface area contributed by atoms with E-state index in [1.807, 2.05) is 24.3 Å². The van der Waals surface area contributed by atoms with E-state index in [-0.39, 0.29) is 12.1 Å². The van der Waals surface area contributed by atoms with Crippen molar-refractivity contribution in [1.29, 1.82) is 0 Å². The van der Waals surface area contributed by atoms with Gasteiger partial charge in [-0.15, -0.1) is 0 Å². The van der Waals surface area contributed by atoms with Gasteiger partial charge in [-0.25, -0.2) is 4.79 Å². The molecule has 3 rings (SSSR count). The van der Waals surface area contributed by atoms with Crippen LogP contribution in [0.4, 0.5) is 16.2 Å². The average molecular weight is 317 g/mol. The summed E-state index contributed by atoms with van der Waals surface area (Å²) >= 11 is 6.03. The summed E-state index contributed by atoms with van der Waals surface area (Å²) in [5, 5.41) is 15.9. The Labute approximate surface area is 134 Å². The maximum absolute atomic E-state index is 12.2. The Morgan fingerprint density at radius 1 is 1.09 bits per heavy atom. The van der Waals surface area contributed by atoms with E-state index in [9.17, 15) is 9.90 Å². The molecule has 2 aromatic rings. The summed E-state index contributed by atoms with van der Waals surface area (Å²) in [4.78, 5) is 12.2. The van der Waals surface area contributed by atoms with Crippen LogP contribution in [0.1, 0.15) is 17.5 Å². The minimum atomic E-state index is -0.346. The van der Waals surface area contributed by atoms with E-state index in [0.717, 1.165) is 24.1 Å². The van der Waals surface area contributed by atoms with Gasteiger partial charge in [-0.2, -0.15) is 0 Å². The highest BCUT2D eigenvalue weighted by molar-refractivity contribution is 6.33. The van der Waals surface area contributed by atoms with Crippen molar-refractivity contribution in [2.24, 2.45) is 0 Å². The zero-order chi connectivity index (χ0) is 15.5. The minimum Gasteiger partial charge on any atom is -0.393 e. The minimum absolute atomic E-state index is 0.345. The summed E-state index contributed by atoms with van der Waals surface area (Å²) in [7, 11) is 0. The second kappa shape index (κ2) is 6.38. The van der Waals surface area contributed by atoms with Crippen LogP contribution in [0.3, 0.4) is 0 Å². The largest absolute Gasteiger partial charge is 0.393 e. The zero-order valence-electron chi connectivity index (χ0n) is 12.0. The third-order valence-corrected chi connectivity index (χ3v) is 4.16. The molecule has 0 bridgehead atoms. The normalized spacial score (nSPS) is 16.7. The van der Waals surface area contributed by atoms with Gasteiger partial charge in [0.15, 0.2) is 0 Å². The number of para-hydroxylation sites is 1. The molecule has 1 atom stereocenters. The van der Waals surface area contributed by atoms with Crippen LogP contribution in [-0.2, 0) is 12.8 Å².